The first kappa shape index (κ1) is 10.8. The molecule has 2 aromatic rings. The normalized spacial score (nSPS) is 17.9. The van der Waals surface area contributed by atoms with E-state index in [0.29, 0.717) is 5.56 Å². The van der Waals surface area contributed by atoms with E-state index < -0.39 is 6.23 Å². The molecule has 2 aromatic carbocycles. The van der Waals surface area contributed by atoms with E-state index >= 15 is 0 Å². The first-order valence-corrected chi connectivity index (χ1v) is 5.68. The molecule has 0 aromatic heterocycles. The van der Waals surface area contributed by atoms with E-state index in [2.05, 4.69) is 5.92 Å². The lowest BCUT2D eigenvalue weighted by molar-refractivity contribution is 0.0113. The van der Waals surface area contributed by atoms with Crippen LogP contribution in [-0.4, -0.2) is 22.5 Å². The molecular formula is C15H11NO2. The number of carbonyl (C=O) groups excluding carboxylic acids is 1. The summed E-state index contributed by atoms with van der Waals surface area (Å²) in [7, 11) is 0. The van der Waals surface area contributed by atoms with E-state index in [1.54, 1.807) is 6.07 Å². The third-order valence-corrected chi connectivity index (χ3v) is 3.26. The fraction of sp³-hybridized carbons (Fsp3) is 0.133. The number of carbonyl (C=O) groups is 1. The van der Waals surface area contributed by atoms with Crippen LogP contribution in [0.5, 0.6) is 0 Å². The molecule has 3 heteroatoms. The number of rotatable bonds is 1. The molecule has 0 fully saturated rings. The summed E-state index contributed by atoms with van der Waals surface area (Å²) in [5.41, 5.74) is 1.33. The SMILES string of the molecule is C#CCN1C(=O)c2cccc3cccc(c23)[C@@H]1O. The lowest BCUT2D eigenvalue weighted by Crippen LogP contribution is -2.38. The molecule has 1 N–H and O–H groups in total. The van der Waals surface area contributed by atoms with Crippen LogP contribution in [0.1, 0.15) is 22.1 Å². The standard InChI is InChI=1S/C15H11NO2/c1-2-9-16-14(17)11-7-3-5-10-6-4-8-12(13(10)11)15(16)18/h1,3-8,14,17H,9H2/t14-/m0/s1. The van der Waals surface area contributed by atoms with Gasteiger partial charge in [0, 0.05) is 16.5 Å². The molecule has 1 aliphatic rings. The molecule has 0 saturated carbocycles. The maximum Gasteiger partial charge on any atom is 0.257 e. The number of hydrogen-bond donors (Lipinski definition) is 1. The van der Waals surface area contributed by atoms with Crippen LogP contribution in [0.2, 0.25) is 0 Å². The largest absolute Gasteiger partial charge is 0.369 e. The Morgan fingerprint density at radius 2 is 2.00 bits per heavy atom. The van der Waals surface area contributed by atoms with Gasteiger partial charge in [0.1, 0.15) is 0 Å². The monoisotopic (exact) mass is 237 g/mol. The summed E-state index contributed by atoms with van der Waals surface area (Å²) in [6, 6.07) is 11.2. The molecule has 0 saturated heterocycles. The third kappa shape index (κ3) is 1.33. The Hall–Kier alpha value is -2.31. The summed E-state index contributed by atoms with van der Waals surface area (Å²) >= 11 is 0. The maximum absolute atomic E-state index is 12.3. The van der Waals surface area contributed by atoms with Gasteiger partial charge in [-0.25, -0.2) is 0 Å². The van der Waals surface area contributed by atoms with Crippen molar-refractivity contribution in [3.8, 4) is 12.3 Å². The number of aliphatic hydroxyl groups is 1. The fourth-order valence-electron chi connectivity index (χ4n) is 2.45. The van der Waals surface area contributed by atoms with Crippen molar-refractivity contribution in [1.82, 2.24) is 4.90 Å². The predicted molar refractivity (Wildman–Crippen MR) is 68.8 cm³/mol. The Kier molecular flexibility index (Phi) is 2.32. The zero-order chi connectivity index (χ0) is 12.7. The number of amides is 1. The van der Waals surface area contributed by atoms with Gasteiger partial charge in [-0.1, -0.05) is 36.3 Å². The summed E-state index contributed by atoms with van der Waals surface area (Å²) in [6.07, 6.45) is 4.28. The molecule has 88 valence electrons. The topological polar surface area (TPSA) is 40.5 Å². The van der Waals surface area contributed by atoms with Crippen molar-refractivity contribution >= 4 is 16.7 Å². The zero-order valence-corrected chi connectivity index (χ0v) is 9.63. The molecule has 1 aliphatic heterocycles. The van der Waals surface area contributed by atoms with Crippen LogP contribution in [0, 0.1) is 12.3 Å². The van der Waals surface area contributed by atoms with Crippen LogP contribution < -0.4 is 0 Å². The van der Waals surface area contributed by atoms with Gasteiger partial charge in [0.05, 0.1) is 6.54 Å². The van der Waals surface area contributed by atoms with Crippen LogP contribution in [0.25, 0.3) is 10.8 Å². The van der Waals surface area contributed by atoms with E-state index in [9.17, 15) is 9.90 Å². The van der Waals surface area contributed by atoms with Crippen molar-refractivity contribution < 1.29 is 9.90 Å². The van der Waals surface area contributed by atoms with E-state index in [1.165, 1.54) is 4.90 Å². The van der Waals surface area contributed by atoms with Gasteiger partial charge in [0.15, 0.2) is 6.23 Å². The lowest BCUT2D eigenvalue weighted by Gasteiger charge is -2.32. The van der Waals surface area contributed by atoms with Crippen LogP contribution in [0.3, 0.4) is 0 Å². The minimum absolute atomic E-state index is 0.102. The summed E-state index contributed by atoms with van der Waals surface area (Å²) in [5.74, 6) is 2.19. The maximum atomic E-state index is 12.3. The lowest BCUT2D eigenvalue weighted by atomic mass is 9.93. The van der Waals surface area contributed by atoms with Crippen molar-refractivity contribution in [3.05, 3.63) is 47.5 Å². The number of aliphatic hydroxyl groups excluding tert-OH is 1. The summed E-state index contributed by atoms with van der Waals surface area (Å²) in [4.78, 5) is 13.6. The molecule has 3 nitrogen and oxygen atoms in total. The molecule has 0 bridgehead atoms. The third-order valence-electron chi connectivity index (χ3n) is 3.26. The Morgan fingerprint density at radius 3 is 2.72 bits per heavy atom. The number of benzene rings is 2. The first-order valence-electron chi connectivity index (χ1n) is 5.68. The summed E-state index contributed by atoms with van der Waals surface area (Å²) in [5, 5.41) is 12.0. The molecule has 0 unspecified atom stereocenters. The van der Waals surface area contributed by atoms with E-state index in [4.69, 9.17) is 6.42 Å². The van der Waals surface area contributed by atoms with Crippen molar-refractivity contribution in [2.45, 2.75) is 6.23 Å². The molecule has 1 heterocycles. The Bertz CT molecular complexity index is 679. The molecule has 1 atom stereocenters. The van der Waals surface area contributed by atoms with Gasteiger partial charge >= 0.3 is 0 Å². The van der Waals surface area contributed by atoms with Crippen LogP contribution in [0.15, 0.2) is 36.4 Å². The summed E-state index contributed by atoms with van der Waals surface area (Å²) < 4.78 is 0. The quantitative estimate of drug-likeness (QED) is 0.770. The highest BCUT2D eigenvalue weighted by atomic mass is 16.3. The van der Waals surface area contributed by atoms with Crippen LogP contribution >= 0.6 is 0 Å². The Labute approximate surface area is 105 Å². The van der Waals surface area contributed by atoms with Gasteiger partial charge in [-0.15, -0.1) is 6.42 Å². The minimum Gasteiger partial charge on any atom is -0.369 e. The van der Waals surface area contributed by atoms with Gasteiger partial charge in [-0.3, -0.25) is 9.69 Å². The molecule has 18 heavy (non-hydrogen) atoms. The second kappa shape index (κ2) is 3.86. The molecule has 0 spiro atoms. The van der Waals surface area contributed by atoms with Crippen LogP contribution in [-0.2, 0) is 0 Å². The average Bonchev–Trinajstić information content (AvgIpc) is 2.40. The minimum atomic E-state index is -0.966. The smallest absolute Gasteiger partial charge is 0.257 e. The zero-order valence-electron chi connectivity index (χ0n) is 9.63. The van der Waals surface area contributed by atoms with Gasteiger partial charge in [0.2, 0.25) is 0 Å². The summed E-state index contributed by atoms with van der Waals surface area (Å²) in [6.45, 7) is 0.102. The molecule has 0 radical (unpaired) electrons. The van der Waals surface area contributed by atoms with Gasteiger partial charge in [-0.05, 0) is 11.5 Å². The highest BCUT2D eigenvalue weighted by molar-refractivity contribution is 6.10. The van der Waals surface area contributed by atoms with Gasteiger partial charge < -0.3 is 5.11 Å². The van der Waals surface area contributed by atoms with Gasteiger partial charge in [0.25, 0.3) is 5.91 Å². The average molecular weight is 237 g/mol. The van der Waals surface area contributed by atoms with Crippen LogP contribution in [0.4, 0.5) is 0 Å². The fourth-order valence-corrected chi connectivity index (χ4v) is 2.45. The number of terminal acetylenes is 1. The van der Waals surface area contributed by atoms with Crippen molar-refractivity contribution in [2.24, 2.45) is 0 Å². The second-order valence-corrected chi connectivity index (χ2v) is 4.26. The molecular weight excluding hydrogens is 226 g/mol. The van der Waals surface area contributed by atoms with E-state index in [0.717, 1.165) is 16.3 Å². The number of nitrogens with zero attached hydrogens (tertiary/aromatic N) is 1. The first-order chi connectivity index (χ1) is 8.74. The second-order valence-electron chi connectivity index (χ2n) is 4.26. The number of hydrogen-bond acceptors (Lipinski definition) is 2. The van der Waals surface area contributed by atoms with E-state index in [-0.39, 0.29) is 12.5 Å². The van der Waals surface area contributed by atoms with E-state index in [1.807, 2.05) is 30.3 Å². The van der Waals surface area contributed by atoms with Crippen molar-refractivity contribution in [2.75, 3.05) is 6.54 Å². The highest BCUT2D eigenvalue weighted by Gasteiger charge is 2.31. The Balaban J connectivity index is 2.32. The molecule has 3 rings (SSSR count). The highest BCUT2D eigenvalue weighted by Crippen LogP contribution is 2.35. The molecule has 1 amide bonds. The van der Waals surface area contributed by atoms with Gasteiger partial charge in [-0.2, -0.15) is 0 Å². The Morgan fingerprint density at radius 1 is 1.28 bits per heavy atom. The predicted octanol–water partition coefficient (Wildman–Crippen LogP) is 1.92. The van der Waals surface area contributed by atoms with Crippen molar-refractivity contribution in [1.29, 1.82) is 0 Å². The molecule has 0 aliphatic carbocycles. The van der Waals surface area contributed by atoms with Crippen molar-refractivity contribution in [3.63, 3.8) is 0 Å².